The fourth-order valence-electron chi connectivity index (χ4n) is 1.13. The highest BCUT2D eigenvalue weighted by Gasteiger charge is 2.10. The lowest BCUT2D eigenvalue weighted by Crippen LogP contribution is -2.17. The van der Waals surface area contributed by atoms with Gasteiger partial charge in [-0.3, -0.25) is 4.72 Å². The summed E-state index contributed by atoms with van der Waals surface area (Å²) in [7, 11) is -3.50. The minimum atomic E-state index is -3.50. The molecule has 0 atom stereocenters. The zero-order chi connectivity index (χ0) is 12.9. The van der Waals surface area contributed by atoms with Crippen molar-refractivity contribution in [2.24, 2.45) is 0 Å². The van der Waals surface area contributed by atoms with Gasteiger partial charge in [-0.2, -0.15) is 10.5 Å². The zero-order valence-corrected chi connectivity index (χ0v) is 10.2. The molecule has 0 bridgehead atoms. The third-order valence-corrected chi connectivity index (χ3v) is 3.58. The first-order chi connectivity index (χ1) is 8.02. The fourth-order valence-corrected chi connectivity index (χ4v) is 2.53. The van der Waals surface area contributed by atoms with Crippen LogP contribution < -0.4 is 4.72 Å². The van der Waals surface area contributed by atoms with Gasteiger partial charge in [-0.05, 0) is 18.2 Å². The lowest BCUT2D eigenvalue weighted by atomic mass is 10.1. The number of benzene rings is 1. The fraction of sp³-hybridized carbons (Fsp3) is 0.200. The van der Waals surface area contributed by atoms with E-state index >= 15 is 0 Å². The Kier molecular flexibility index (Phi) is 4.33. The second kappa shape index (κ2) is 5.53. The number of hydrogen-bond acceptors (Lipinski definition) is 4. The van der Waals surface area contributed by atoms with E-state index in [0.717, 1.165) is 0 Å². The second-order valence-corrected chi connectivity index (χ2v) is 5.31. The monoisotopic (exact) mass is 269 g/mol. The Balaban J connectivity index is 3.04. The van der Waals surface area contributed by atoms with Crippen molar-refractivity contribution in [2.75, 3.05) is 16.4 Å². The zero-order valence-electron chi connectivity index (χ0n) is 8.64. The number of sulfonamides is 1. The predicted molar refractivity (Wildman–Crippen MR) is 64.0 cm³/mol. The van der Waals surface area contributed by atoms with Crippen molar-refractivity contribution in [1.82, 2.24) is 0 Å². The van der Waals surface area contributed by atoms with Gasteiger partial charge in [0.2, 0.25) is 10.0 Å². The van der Waals surface area contributed by atoms with E-state index in [1.165, 1.54) is 18.2 Å². The number of alkyl halides is 1. The summed E-state index contributed by atoms with van der Waals surface area (Å²) in [6, 6.07) is 7.78. The molecular formula is C10H8ClN3O2S. The molecule has 0 unspecified atom stereocenters. The molecule has 0 fully saturated rings. The first-order valence-corrected chi connectivity index (χ1v) is 6.72. The third-order valence-electron chi connectivity index (χ3n) is 1.88. The van der Waals surface area contributed by atoms with E-state index in [-0.39, 0.29) is 28.4 Å². The van der Waals surface area contributed by atoms with Gasteiger partial charge in [0.1, 0.15) is 12.1 Å². The molecule has 0 aliphatic rings. The third kappa shape index (κ3) is 3.63. The van der Waals surface area contributed by atoms with E-state index in [1.54, 1.807) is 0 Å². The van der Waals surface area contributed by atoms with E-state index in [1.807, 2.05) is 12.1 Å². The topological polar surface area (TPSA) is 93.8 Å². The molecule has 0 radical (unpaired) electrons. The number of nitrogens with one attached hydrogen (secondary N) is 1. The Hall–Kier alpha value is -1.76. The van der Waals surface area contributed by atoms with Gasteiger partial charge in [-0.1, -0.05) is 0 Å². The van der Waals surface area contributed by atoms with Crippen LogP contribution in [0.2, 0.25) is 0 Å². The highest BCUT2D eigenvalue weighted by molar-refractivity contribution is 7.92. The van der Waals surface area contributed by atoms with Crippen molar-refractivity contribution >= 4 is 27.3 Å². The van der Waals surface area contributed by atoms with Gasteiger partial charge in [0.05, 0.1) is 16.9 Å². The van der Waals surface area contributed by atoms with Crippen LogP contribution in [0.1, 0.15) is 11.1 Å². The summed E-state index contributed by atoms with van der Waals surface area (Å²) in [4.78, 5) is 0. The predicted octanol–water partition coefficient (Wildman–Crippen LogP) is 1.41. The molecule has 5 nitrogen and oxygen atoms in total. The Bertz CT molecular complexity index is 599. The van der Waals surface area contributed by atoms with Crippen LogP contribution in [0.4, 0.5) is 5.69 Å². The van der Waals surface area contributed by atoms with Gasteiger partial charge in [0.25, 0.3) is 0 Å². The standard InChI is InChI=1S/C10H8ClN3O2S/c11-3-4-17(15,16)14-10-2-1-8(6-12)9(5-10)7-13/h1-2,5,14H,3-4H2. The number of nitriles is 2. The van der Waals surface area contributed by atoms with Gasteiger partial charge in [-0.25, -0.2) is 8.42 Å². The average molecular weight is 270 g/mol. The molecule has 0 amide bonds. The summed E-state index contributed by atoms with van der Waals surface area (Å²) in [5, 5.41) is 17.5. The molecule has 1 aromatic rings. The molecule has 7 heteroatoms. The molecule has 1 aromatic carbocycles. The molecule has 1 rings (SSSR count). The second-order valence-electron chi connectivity index (χ2n) is 3.09. The van der Waals surface area contributed by atoms with Crippen LogP contribution in [0, 0.1) is 22.7 Å². The normalized spacial score (nSPS) is 10.3. The Morgan fingerprint density at radius 1 is 1.24 bits per heavy atom. The maximum Gasteiger partial charge on any atom is 0.233 e. The van der Waals surface area contributed by atoms with Gasteiger partial charge in [-0.15, -0.1) is 11.6 Å². The number of hydrogen-bond donors (Lipinski definition) is 1. The summed E-state index contributed by atoms with van der Waals surface area (Å²) in [5.41, 5.74) is 0.567. The Morgan fingerprint density at radius 3 is 2.41 bits per heavy atom. The van der Waals surface area contributed by atoms with Crippen LogP contribution in [0.25, 0.3) is 0 Å². The van der Waals surface area contributed by atoms with Gasteiger partial charge in [0.15, 0.2) is 0 Å². The molecule has 0 aromatic heterocycles. The SMILES string of the molecule is N#Cc1ccc(NS(=O)(=O)CCCl)cc1C#N. The first kappa shape index (κ1) is 13.3. The van der Waals surface area contributed by atoms with Crippen molar-refractivity contribution in [3.8, 4) is 12.1 Å². The highest BCUT2D eigenvalue weighted by atomic mass is 35.5. The van der Waals surface area contributed by atoms with Crippen molar-refractivity contribution in [1.29, 1.82) is 10.5 Å². The van der Waals surface area contributed by atoms with E-state index < -0.39 is 10.0 Å². The van der Waals surface area contributed by atoms with E-state index in [9.17, 15) is 8.42 Å². The van der Waals surface area contributed by atoms with Crippen LogP contribution >= 0.6 is 11.6 Å². The van der Waals surface area contributed by atoms with Crippen molar-refractivity contribution in [3.63, 3.8) is 0 Å². The maximum absolute atomic E-state index is 11.4. The van der Waals surface area contributed by atoms with Gasteiger partial charge in [0, 0.05) is 11.6 Å². The minimum absolute atomic E-state index is 0.0171. The summed E-state index contributed by atoms with van der Waals surface area (Å²) < 4.78 is 25.1. The molecule has 0 saturated heterocycles. The average Bonchev–Trinajstić information content (AvgIpc) is 2.28. The van der Waals surface area contributed by atoms with E-state index in [4.69, 9.17) is 22.1 Å². The van der Waals surface area contributed by atoms with Crippen LogP contribution in [0.15, 0.2) is 18.2 Å². The first-order valence-electron chi connectivity index (χ1n) is 4.53. The summed E-state index contributed by atoms with van der Waals surface area (Å²) >= 11 is 5.34. The highest BCUT2D eigenvalue weighted by Crippen LogP contribution is 2.15. The van der Waals surface area contributed by atoms with Crippen LogP contribution in [-0.2, 0) is 10.0 Å². The smallest absolute Gasteiger partial charge is 0.233 e. The van der Waals surface area contributed by atoms with Crippen LogP contribution in [0.3, 0.4) is 0 Å². The van der Waals surface area contributed by atoms with Crippen molar-refractivity contribution < 1.29 is 8.42 Å². The number of nitrogens with zero attached hydrogens (tertiary/aromatic N) is 2. The number of anilines is 1. The number of halogens is 1. The summed E-state index contributed by atoms with van der Waals surface area (Å²) in [6.07, 6.45) is 0. The molecular weight excluding hydrogens is 262 g/mol. The van der Waals surface area contributed by atoms with Gasteiger partial charge >= 0.3 is 0 Å². The molecule has 0 spiro atoms. The lowest BCUT2D eigenvalue weighted by molar-refractivity contribution is 0.602. The lowest BCUT2D eigenvalue weighted by Gasteiger charge is -2.06. The molecule has 0 heterocycles. The maximum atomic E-state index is 11.4. The molecule has 0 aliphatic carbocycles. The molecule has 1 N–H and O–H groups in total. The van der Waals surface area contributed by atoms with Crippen molar-refractivity contribution in [3.05, 3.63) is 29.3 Å². The summed E-state index contributed by atoms with van der Waals surface area (Å²) in [6.45, 7) is 0. The molecule has 0 saturated carbocycles. The minimum Gasteiger partial charge on any atom is -0.283 e. The van der Waals surface area contributed by atoms with E-state index in [2.05, 4.69) is 4.72 Å². The molecule has 0 aliphatic heterocycles. The van der Waals surface area contributed by atoms with Crippen LogP contribution in [0.5, 0.6) is 0 Å². The van der Waals surface area contributed by atoms with E-state index in [0.29, 0.717) is 0 Å². The van der Waals surface area contributed by atoms with Gasteiger partial charge < -0.3 is 0 Å². The quantitative estimate of drug-likeness (QED) is 0.836. The van der Waals surface area contributed by atoms with Crippen molar-refractivity contribution in [2.45, 2.75) is 0 Å². The number of rotatable bonds is 4. The Morgan fingerprint density at radius 2 is 1.88 bits per heavy atom. The van der Waals surface area contributed by atoms with Crippen LogP contribution in [-0.4, -0.2) is 20.1 Å². The largest absolute Gasteiger partial charge is 0.283 e. The molecule has 17 heavy (non-hydrogen) atoms. The Labute approximate surface area is 104 Å². The summed E-state index contributed by atoms with van der Waals surface area (Å²) in [5.74, 6) is -0.229. The molecule has 88 valence electrons.